The summed E-state index contributed by atoms with van der Waals surface area (Å²) < 4.78 is 73.7. The second-order valence-corrected chi connectivity index (χ2v) is 10.3. The van der Waals surface area contributed by atoms with Gasteiger partial charge in [-0.2, -0.15) is 0 Å². The fourth-order valence-corrected chi connectivity index (χ4v) is 4.90. The monoisotopic (exact) mass is 562 g/mol. The Labute approximate surface area is 233 Å². The van der Waals surface area contributed by atoms with E-state index in [4.69, 9.17) is 14.2 Å². The molecule has 0 spiro atoms. The Morgan fingerprint density at radius 3 is 2.27 bits per heavy atom. The maximum Gasteiger partial charge on any atom is 0.573 e. The van der Waals surface area contributed by atoms with Gasteiger partial charge in [-0.3, -0.25) is 0 Å². The maximum atomic E-state index is 15.2. The summed E-state index contributed by atoms with van der Waals surface area (Å²) in [5.74, 6) is -0.538. The minimum absolute atomic E-state index is 0.0111. The molecule has 1 saturated heterocycles. The molecule has 3 aromatic carbocycles. The van der Waals surface area contributed by atoms with Crippen LogP contribution in [0.1, 0.15) is 62.1 Å². The van der Waals surface area contributed by atoms with Crippen molar-refractivity contribution in [2.24, 2.45) is 0 Å². The van der Waals surface area contributed by atoms with Crippen LogP contribution < -0.4 is 4.74 Å². The van der Waals surface area contributed by atoms with E-state index in [0.29, 0.717) is 43.4 Å². The average Bonchev–Trinajstić information content (AvgIpc) is 2.94. The van der Waals surface area contributed by atoms with Crippen molar-refractivity contribution in [2.45, 2.75) is 83.5 Å². The Balaban J connectivity index is 1.22. The molecule has 3 aromatic rings. The minimum Gasteiger partial charge on any atom is -0.406 e. The largest absolute Gasteiger partial charge is 0.573 e. The third-order valence-electron chi connectivity index (χ3n) is 7.14. The minimum atomic E-state index is -4.72. The van der Waals surface area contributed by atoms with Crippen molar-refractivity contribution < 1.29 is 36.5 Å². The van der Waals surface area contributed by atoms with Gasteiger partial charge in [-0.1, -0.05) is 75.1 Å². The van der Waals surface area contributed by atoms with Gasteiger partial charge < -0.3 is 18.9 Å². The third kappa shape index (κ3) is 9.46. The molecular formula is C32H38F4O4. The SMILES string of the molecule is CCCCCCCOC1COC(CCc2ccc3c(F)c(CCc4ccc(OC(F)(F)F)cc4)ccc3c2)OC1. The van der Waals surface area contributed by atoms with E-state index in [0.717, 1.165) is 36.0 Å². The van der Waals surface area contributed by atoms with E-state index in [1.165, 1.54) is 37.8 Å². The zero-order chi connectivity index (χ0) is 28.4. The van der Waals surface area contributed by atoms with Gasteiger partial charge in [0.25, 0.3) is 0 Å². The Bertz CT molecular complexity index is 1190. The van der Waals surface area contributed by atoms with Crippen LogP contribution in [-0.2, 0) is 33.5 Å². The summed E-state index contributed by atoms with van der Waals surface area (Å²) in [7, 11) is 0. The lowest BCUT2D eigenvalue weighted by Gasteiger charge is -2.29. The summed E-state index contributed by atoms with van der Waals surface area (Å²) in [5.41, 5.74) is 2.45. The molecule has 0 aliphatic carbocycles. The topological polar surface area (TPSA) is 36.9 Å². The molecule has 0 radical (unpaired) electrons. The third-order valence-corrected chi connectivity index (χ3v) is 7.14. The molecule has 8 heteroatoms. The quantitative estimate of drug-likeness (QED) is 0.146. The van der Waals surface area contributed by atoms with Crippen LogP contribution in [0.15, 0.2) is 54.6 Å². The van der Waals surface area contributed by atoms with Crippen LogP contribution in [0, 0.1) is 5.82 Å². The molecule has 1 heterocycles. The van der Waals surface area contributed by atoms with Gasteiger partial charge >= 0.3 is 6.36 Å². The lowest BCUT2D eigenvalue weighted by atomic mass is 9.98. The van der Waals surface area contributed by atoms with Crippen LogP contribution in [0.25, 0.3) is 10.8 Å². The van der Waals surface area contributed by atoms with Crippen molar-refractivity contribution in [1.82, 2.24) is 0 Å². The molecule has 0 aromatic heterocycles. The average molecular weight is 563 g/mol. The summed E-state index contributed by atoms with van der Waals surface area (Å²) >= 11 is 0. The highest BCUT2D eigenvalue weighted by Gasteiger charge is 2.31. The number of ether oxygens (including phenoxy) is 4. The molecule has 0 bridgehead atoms. The number of halogens is 4. The second-order valence-electron chi connectivity index (χ2n) is 10.3. The highest BCUT2D eigenvalue weighted by Crippen LogP contribution is 2.26. The summed E-state index contributed by atoms with van der Waals surface area (Å²) in [5, 5.41) is 1.38. The molecule has 4 rings (SSSR count). The smallest absolute Gasteiger partial charge is 0.406 e. The molecule has 40 heavy (non-hydrogen) atoms. The Kier molecular flexibility index (Phi) is 11.2. The number of rotatable bonds is 14. The molecule has 0 saturated carbocycles. The molecule has 0 amide bonds. The van der Waals surface area contributed by atoms with E-state index in [-0.39, 0.29) is 24.0 Å². The summed E-state index contributed by atoms with van der Waals surface area (Å²) in [6, 6.07) is 15.1. The van der Waals surface area contributed by atoms with Gasteiger partial charge in [0.2, 0.25) is 0 Å². The first-order chi connectivity index (χ1) is 19.3. The zero-order valence-electron chi connectivity index (χ0n) is 23.0. The van der Waals surface area contributed by atoms with Gasteiger partial charge in [0, 0.05) is 18.4 Å². The van der Waals surface area contributed by atoms with Crippen LogP contribution in [0.4, 0.5) is 17.6 Å². The van der Waals surface area contributed by atoms with Gasteiger partial charge in [-0.15, -0.1) is 13.2 Å². The van der Waals surface area contributed by atoms with Gasteiger partial charge in [0.1, 0.15) is 17.7 Å². The van der Waals surface area contributed by atoms with Crippen molar-refractivity contribution in [3.8, 4) is 5.75 Å². The number of hydrogen-bond acceptors (Lipinski definition) is 4. The Morgan fingerprint density at radius 2 is 1.55 bits per heavy atom. The van der Waals surface area contributed by atoms with E-state index in [1.807, 2.05) is 18.2 Å². The number of alkyl halides is 3. The number of fused-ring (bicyclic) bond motifs is 1. The molecule has 0 atom stereocenters. The summed E-state index contributed by atoms with van der Waals surface area (Å²) in [6.45, 7) is 4.03. The highest BCUT2D eigenvalue weighted by atomic mass is 19.4. The first-order valence-electron chi connectivity index (χ1n) is 14.2. The summed E-state index contributed by atoms with van der Waals surface area (Å²) in [4.78, 5) is 0. The first-order valence-corrected chi connectivity index (χ1v) is 14.2. The number of unbranched alkanes of at least 4 members (excludes halogenated alkanes) is 4. The molecule has 1 aliphatic heterocycles. The number of benzene rings is 3. The highest BCUT2D eigenvalue weighted by molar-refractivity contribution is 5.84. The lowest BCUT2D eigenvalue weighted by molar-refractivity contribution is -0.274. The molecule has 1 aliphatic rings. The van der Waals surface area contributed by atoms with Gasteiger partial charge in [0.05, 0.1) is 13.2 Å². The first kappa shape index (κ1) is 30.3. The van der Waals surface area contributed by atoms with Crippen LogP contribution in [-0.4, -0.2) is 38.6 Å². The molecule has 1 fully saturated rings. The normalized spacial score (nSPS) is 17.8. The van der Waals surface area contributed by atoms with Gasteiger partial charge in [0.15, 0.2) is 6.29 Å². The van der Waals surface area contributed by atoms with Crippen molar-refractivity contribution in [3.63, 3.8) is 0 Å². The fourth-order valence-electron chi connectivity index (χ4n) is 4.90. The fraction of sp³-hybridized carbons (Fsp3) is 0.500. The molecule has 218 valence electrons. The van der Waals surface area contributed by atoms with Crippen molar-refractivity contribution >= 4 is 10.8 Å². The summed E-state index contributed by atoms with van der Waals surface area (Å²) in [6.07, 6.45) is 3.43. The molecular weight excluding hydrogens is 524 g/mol. The molecule has 0 unspecified atom stereocenters. The van der Waals surface area contributed by atoms with Crippen LogP contribution in [0.5, 0.6) is 5.75 Å². The Morgan fingerprint density at radius 1 is 0.825 bits per heavy atom. The molecule has 4 nitrogen and oxygen atoms in total. The number of hydrogen-bond donors (Lipinski definition) is 0. The Hall–Kier alpha value is -2.68. The van der Waals surface area contributed by atoms with Crippen LogP contribution in [0.3, 0.4) is 0 Å². The van der Waals surface area contributed by atoms with E-state index in [1.54, 1.807) is 24.3 Å². The lowest BCUT2D eigenvalue weighted by Crippen LogP contribution is -2.37. The predicted octanol–water partition coefficient (Wildman–Crippen LogP) is 8.32. The maximum absolute atomic E-state index is 15.2. The van der Waals surface area contributed by atoms with Gasteiger partial charge in [-0.25, -0.2) is 4.39 Å². The molecule has 0 N–H and O–H groups in total. The van der Waals surface area contributed by atoms with Crippen LogP contribution in [0.2, 0.25) is 0 Å². The second kappa shape index (κ2) is 14.8. The van der Waals surface area contributed by atoms with E-state index < -0.39 is 6.36 Å². The standard InChI is InChI=1S/C32H38F4O4/c1-2-3-4-5-6-19-37-28-21-38-30(39-22-28)18-11-24-10-17-29-26(20-24)14-13-25(31(29)33)12-7-23-8-15-27(16-9-23)40-32(34,35)36/h8-10,13-17,20,28,30H,2-7,11-12,18-19,21-22H2,1H3. The van der Waals surface area contributed by atoms with Crippen molar-refractivity contribution in [3.05, 3.63) is 77.1 Å². The van der Waals surface area contributed by atoms with Crippen molar-refractivity contribution in [1.29, 1.82) is 0 Å². The van der Waals surface area contributed by atoms with Crippen molar-refractivity contribution in [2.75, 3.05) is 19.8 Å². The van der Waals surface area contributed by atoms with E-state index >= 15 is 4.39 Å². The van der Waals surface area contributed by atoms with Crippen LogP contribution >= 0.6 is 0 Å². The predicted molar refractivity (Wildman–Crippen MR) is 147 cm³/mol. The number of aryl methyl sites for hydroxylation is 3. The van der Waals surface area contributed by atoms with E-state index in [9.17, 15) is 13.2 Å². The van der Waals surface area contributed by atoms with Gasteiger partial charge in [-0.05, 0) is 59.9 Å². The zero-order valence-corrected chi connectivity index (χ0v) is 23.0. The van der Waals surface area contributed by atoms with E-state index in [2.05, 4.69) is 11.7 Å².